The number of carbonyl (C=O) groups is 2. The first-order chi connectivity index (χ1) is 13.5. The van der Waals surface area contributed by atoms with Crippen molar-refractivity contribution in [3.63, 3.8) is 0 Å². The molecular weight excluding hydrogens is 360 g/mol. The summed E-state index contributed by atoms with van der Waals surface area (Å²) in [4.78, 5) is 25.5. The maximum absolute atomic E-state index is 11.9. The Morgan fingerprint density at radius 3 is 2.36 bits per heavy atom. The van der Waals surface area contributed by atoms with E-state index in [0.717, 1.165) is 5.56 Å². The molecule has 0 spiro atoms. The van der Waals surface area contributed by atoms with Crippen molar-refractivity contribution in [2.45, 2.75) is 13.5 Å². The topological polar surface area (TPSA) is 77.1 Å². The fourth-order valence-corrected chi connectivity index (χ4v) is 2.59. The highest BCUT2D eigenvalue weighted by molar-refractivity contribution is 5.77. The van der Waals surface area contributed by atoms with Gasteiger partial charge in [0.25, 0.3) is 5.91 Å². The molecule has 150 valence electrons. The van der Waals surface area contributed by atoms with E-state index in [-0.39, 0.29) is 18.4 Å². The zero-order valence-corrected chi connectivity index (χ0v) is 16.4. The molecule has 2 aromatic carbocycles. The van der Waals surface area contributed by atoms with Gasteiger partial charge in [-0.2, -0.15) is 0 Å². The molecule has 0 aliphatic rings. The van der Waals surface area contributed by atoms with Gasteiger partial charge in [0.15, 0.2) is 18.1 Å². The summed E-state index contributed by atoms with van der Waals surface area (Å²) < 4.78 is 15.9. The molecule has 2 aromatic rings. The van der Waals surface area contributed by atoms with Crippen LogP contribution in [0.4, 0.5) is 0 Å². The first-order valence-electron chi connectivity index (χ1n) is 8.94. The molecule has 0 saturated carbocycles. The lowest BCUT2D eigenvalue weighted by molar-refractivity contribution is -0.130. The highest BCUT2D eigenvalue weighted by Gasteiger charge is 2.12. The Hall–Kier alpha value is -3.22. The van der Waals surface area contributed by atoms with Gasteiger partial charge in [0, 0.05) is 26.6 Å². The summed E-state index contributed by atoms with van der Waals surface area (Å²) in [5, 5.41) is 2.76. The van der Waals surface area contributed by atoms with Crippen LogP contribution in [0.25, 0.3) is 0 Å². The van der Waals surface area contributed by atoms with Crippen LogP contribution in [0.1, 0.15) is 12.5 Å². The summed E-state index contributed by atoms with van der Waals surface area (Å²) in [5.74, 6) is 1.56. The van der Waals surface area contributed by atoms with Gasteiger partial charge in [0.2, 0.25) is 5.91 Å². The summed E-state index contributed by atoms with van der Waals surface area (Å²) in [6.07, 6.45) is 0. The second-order valence-corrected chi connectivity index (χ2v) is 6.08. The van der Waals surface area contributed by atoms with Gasteiger partial charge in [-0.15, -0.1) is 0 Å². The first kappa shape index (κ1) is 21.1. The van der Waals surface area contributed by atoms with Gasteiger partial charge >= 0.3 is 0 Å². The number of benzene rings is 2. The van der Waals surface area contributed by atoms with Crippen LogP contribution in [-0.4, -0.2) is 50.6 Å². The number of para-hydroxylation sites is 1. The molecule has 7 nitrogen and oxygen atoms in total. The maximum Gasteiger partial charge on any atom is 0.258 e. The third-order valence-corrected chi connectivity index (χ3v) is 4.08. The maximum atomic E-state index is 11.9. The zero-order chi connectivity index (χ0) is 20.4. The average molecular weight is 386 g/mol. The van der Waals surface area contributed by atoms with Crippen LogP contribution >= 0.6 is 0 Å². The van der Waals surface area contributed by atoms with Crippen LogP contribution in [0.3, 0.4) is 0 Å². The first-order valence-corrected chi connectivity index (χ1v) is 8.94. The third kappa shape index (κ3) is 6.50. The largest absolute Gasteiger partial charge is 0.493 e. The molecule has 0 bridgehead atoms. The molecule has 0 radical (unpaired) electrons. The minimum Gasteiger partial charge on any atom is -0.493 e. The van der Waals surface area contributed by atoms with E-state index < -0.39 is 0 Å². The van der Waals surface area contributed by atoms with Gasteiger partial charge < -0.3 is 24.4 Å². The summed E-state index contributed by atoms with van der Waals surface area (Å²) in [5.41, 5.74) is 0.909. The van der Waals surface area contributed by atoms with E-state index in [1.165, 1.54) is 6.92 Å². The number of carbonyl (C=O) groups excluding carboxylic acids is 2. The average Bonchev–Trinajstić information content (AvgIpc) is 2.72. The Morgan fingerprint density at radius 2 is 1.71 bits per heavy atom. The molecule has 0 heterocycles. The van der Waals surface area contributed by atoms with Gasteiger partial charge in [-0.05, 0) is 29.8 Å². The summed E-state index contributed by atoms with van der Waals surface area (Å²) in [6, 6.07) is 14.6. The smallest absolute Gasteiger partial charge is 0.258 e. The highest BCUT2D eigenvalue weighted by Crippen LogP contribution is 2.28. The fraction of sp³-hybridized carbons (Fsp3) is 0.333. The van der Waals surface area contributed by atoms with Gasteiger partial charge in [0.1, 0.15) is 5.75 Å². The van der Waals surface area contributed by atoms with Crippen LogP contribution in [0, 0.1) is 0 Å². The van der Waals surface area contributed by atoms with Crippen molar-refractivity contribution in [3.8, 4) is 17.2 Å². The van der Waals surface area contributed by atoms with Gasteiger partial charge in [-0.1, -0.05) is 24.3 Å². The molecule has 0 aliphatic heterocycles. The quantitative estimate of drug-likeness (QED) is 0.678. The minimum atomic E-state index is -0.238. The second-order valence-electron chi connectivity index (χ2n) is 6.08. The number of hydrogen-bond acceptors (Lipinski definition) is 5. The molecule has 2 amide bonds. The number of nitrogens with one attached hydrogen (secondary N) is 1. The number of methoxy groups -OCH3 is 2. The lowest BCUT2D eigenvalue weighted by atomic mass is 10.2. The van der Waals surface area contributed by atoms with Gasteiger partial charge in [0.05, 0.1) is 14.2 Å². The van der Waals surface area contributed by atoms with E-state index in [1.807, 2.05) is 30.3 Å². The van der Waals surface area contributed by atoms with Gasteiger partial charge in [-0.3, -0.25) is 9.59 Å². The summed E-state index contributed by atoms with van der Waals surface area (Å²) in [6.45, 7) is 2.57. The summed E-state index contributed by atoms with van der Waals surface area (Å²) in [7, 11) is 3.14. The van der Waals surface area contributed by atoms with E-state index in [9.17, 15) is 9.59 Å². The van der Waals surface area contributed by atoms with E-state index in [0.29, 0.717) is 36.9 Å². The van der Waals surface area contributed by atoms with Crippen molar-refractivity contribution in [1.29, 1.82) is 0 Å². The van der Waals surface area contributed by atoms with Crippen LogP contribution in [0.2, 0.25) is 0 Å². The van der Waals surface area contributed by atoms with Gasteiger partial charge in [-0.25, -0.2) is 0 Å². The second kappa shape index (κ2) is 10.8. The van der Waals surface area contributed by atoms with Crippen molar-refractivity contribution in [3.05, 3.63) is 54.1 Å². The van der Waals surface area contributed by atoms with E-state index in [1.54, 1.807) is 37.3 Å². The van der Waals surface area contributed by atoms with Crippen molar-refractivity contribution >= 4 is 11.8 Å². The predicted molar refractivity (Wildman–Crippen MR) is 106 cm³/mol. The Balaban J connectivity index is 1.82. The number of nitrogens with zero attached hydrogens (tertiary/aromatic N) is 1. The predicted octanol–water partition coefficient (Wildman–Crippen LogP) is 2.25. The molecular formula is C21H26N2O5. The molecule has 2 rings (SSSR count). The highest BCUT2D eigenvalue weighted by atomic mass is 16.5. The summed E-state index contributed by atoms with van der Waals surface area (Å²) >= 11 is 0. The van der Waals surface area contributed by atoms with Crippen LogP contribution in [0.15, 0.2) is 48.5 Å². The van der Waals surface area contributed by atoms with E-state index in [2.05, 4.69) is 5.32 Å². The Kier molecular flexibility index (Phi) is 8.14. The molecule has 1 N–H and O–H groups in total. The third-order valence-electron chi connectivity index (χ3n) is 4.08. The number of amides is 2. The van der Waals surface area contributed by atoms with Crippen LogP contribution in [0.5, 0.6) is 17.2 Å². The molecule has 0 aliphatic carbocycles. The minimum absolute atomic E-state index is 0.0697. The normalized spacial score (nSPS) is 10.1. The van der Waals surface area contributed by atoms with Crippen molar-refractivity contribution in [1.82, 2.24) is 10.2 Å². The van der Waals surface area contributed by atoms with E-state index >= 15 is 0 Å². The molecule has 0 atom stereocenters. The Labute approximate surface area is 165 Å². The zero-order valence-electron chi connectivity index (χ0n) is 16.4. The lowest BCUT2D eigenvalue weighted by Crippen LogP contribution is -2.38. The number of rotatable bonds is 10. The molecule has 0 unspecified atom stereocenters. The monoisotopic (exact) mass is 386 g/mol. The van der Waals surface area contributed by atoms with Crippen LogP contribution in [-0.2, 0) is 16.1 Å². The SMILES string of the molecule is COc1ccc(CN(CCNC(=O)COc2ccccc2)C(C)=O)cc1OC. The van der Waals surface area contributed by atoms with Crippen molar-refractivity contribution in [2.24, 2.45) is 0 Å². The molecule has 0 saturated heterocycles. The van der Waals surface area contributed by atoms with E-state index in [4.69, 9.17) is 14.2 Å². The fourth-order valence-electron chi connectivity index (χ4n) is 2.59. The standard InChI is InChI=1S/C21H26N2O5/c1-16(24)23(14-17-9-10-19(26-2)20(13-17)27-3)12-11-22-21(25)15-28-18-7-5-4-6-8-18/h4-10,13H,11-12,14-15H2,1-3H3,(H,22,25). The molecule has 28 heavy (non-hydrogen) atoms. The molecule has 0 aromatic heterocycles. The Morgan fingerprint density at radius 1 is 1.00 bits per heavy atom. The van der Waals surface area contributed by atoms with Crippen molar-refractivity contribution < 1.29 is 23.8 Å². The number of hydrogen-bond donors (Lipinski definition) is 1. The number of ether oxygens (including phenoxy) is 3. The van der Waals surface area contributed by atoms with Crippen molar-refractivity contribution in [2.75, 3.05) is 33.9 Å². The molecule has 0 fully saturated rings. The lowest BCUT2D eigenvalue weighted by Gasteiger charge is -2.22. The Bertz CT molecular complexity index is 780. The van der Waals surface area contributed by atoms with Crippen LogP contribution < -0.4 is 19.5 Å². The molecule has 7 heteroatoms.